The van der Waals surface area contributed by atoms with Crippen molar-refractivity contribution in [3.05, 3.63) is 60.2 Å². The third-order valence-electron chi connectivity index (χ3n) is 4.79. The molecule has 1 aromatic carbocycles. The van der Waals surface area contributed by atoms with Gasteiger partial charge in [0.25, 0.3) is 5.91 Å². The van der Waals surface area contributed by atoms with Gasteiger partial charge in [0.2, 0.25) is 5.95 Å². The molecular formula is C20H22N6O. The summed E-state index contributed by atoms with van der Waals surface area (Å²) in [4.78, 5) is 23.6. The number of rotatable bonds is 4. The van der Waals surface area contributed by atoms with Crippen molar-refractivity contribution < 1.29 is 4.79 Å². The molecule has 1 fully saturated rings. The largest absolute Gasteiger partial charge is 0.341 e. The molecule has 7 nitrogen and oxygen atoms in total. The van der Waals surface area contributed by atoms with Crippen LogP contribution in [0.5, 0.6) is 0 Å². The van der Waals surface area contributed by atoms with Crippen LogP contribution < -0.4 is 10.2 Å². The standard InChI is InChI=1S/C20H22N6O/c1-15-18(14-23-26(15)17-8-4-2-5-9-17)19(27)24-16-12-21-20(22-13-16)25-10-6-3-7-11-25/h2,4-5,8-9,12-14H,3,6-7,10-11H2,1H3,(H,24,27). The summed E-state index contributed by atoms with van der Waals surface area (Å²) in [5.74, 6) is 0.504. The number of hydrogen-bond acceptors (Lipinski definition) is 5. The van der Waals surface area contributed by atoms with E-state index in [0.717, 1.165) is 30.4 Å². The van der Waals surface area contributed by atoms with Gasteiger partial charge in [0.15, 0.2) is 0 Å². The SMILES string of the molecule is Cc1c(C(=O)Nc2cnc(N3CCCCC3)nc2)cnn1-c1ccccc1. The molecule has 0 unspecified atom stereocenters. The average Bonchev–Trinajstić information content (AvgIpc) is 3.11. The van der Waals surface area contributed by atoms with Crippen LogP contribution in [0.3, 0.4) is 0 Å². The Morgan fingerprint density at radius 2 is 1.70 bits per heavy atom. The number of aromatic nitrogens is 4. The summed E-state index contributed by atoms with van der Waals surface area (Å²) < 4.78 is 1.75. The summed E-state index contributed by atoms with van der Waals surface area (Å²) in [7, 11) is 0. The van der Waals surface area contributed by atoms with Gasteiger partial charge in [-0.15, -0.1) is 0 Å². The van der Waals surface area contributed by atoms with Crippen molar-refractivity contribution in [1.82, 2.24) is 19.7 Å². The Bertz CT molecular complexity index is 913. The number of hydrogen-bond donors (Lipinski definition) is 1. The van der Waals surface area contributed by atoms with E-state index in [4.69, 9.17) is 0 Å². The number of anilines is 2. The van der Waals surface area contributed by atoms with Crippen molar-refractivity contribution in [3.63, 3.8) is 0 Å². The molecule has 7 heteroatoms. The zero-order chi connectivity index (χ0) is 18.6. The maximum Gasteiger partial charge on any atom is 0.259 e. The summed E-state index contributed by atoms with van der Waals surface area (Å²) in [6.45, 7) is 3.86. The minimum absolute atomic E-state index is 0.219. The predicted octanol–water partition coefficient (Wildman–Crippen LogP) is 3.21. The lowest BCUT2D eigenvalue weighted by Gasteiger charge is -2.26. The molecule has 1 N–H and O–H groups in total. The van der Waals surface area contributed by atoms with Crippen LogP contribution >= 0.6 is 0 Å². The topological polar surface area (TPSA) is 75.9 Å². The molecule has 3 heterocycles. The molecule has 1 saturated heterocycles. The normalized spacial score (nSPS) is 14.2. The second-order valence-corrected chi connectivity index (χ2v) is 6.66. The highest BCUT2D eigenvalue weighted by molar-refractivity contribution is 6.04. The van der Waals surface area contributed by atoms with E-state index >= 15 is 0 Å². The van der Waals surface area contributed by atoms with Crippen molar-refractivity contribution in [2.24, 2.45) is 0 Å². The number of benzene rings is 1. The van der Waals surface area contributed by atoms with Crippen LogP contribution in [0.4, 0.5) is 11.6 Å². The molecule has 138 valence electrons. The molecule has 1 amide bonds. The van der Waals surface area contributed by atoms with Crippen LogP contribution in [0, 0.1) is 6.92 Å². The van der Waals surface area contributed by atoms with Gasteiger partial charge in [-0.05, 0) is 38.3 Å². The van der Waals surface area contributed by atoms with Crippen molar-refractivity contribution in [2.45, 2.75) is 26.2 Å². The van der Waals surface area contributed by atoms with E-state index in [1.54, 1.807) is 23.3 Å². The first-order valence-electron chi connectivity index (χ1n) is 9.21. The van der Waals surface area contributed by atoms with Gasteiger partial charge in [-0.3, -0.25) is 4.79 Å². The van der Waals surface area contributed by atoms with E-state index in [1.807, 2.05) is 37.3 Å². The monoisotopic (exact) mass is 362 g/mol. The van der Waals surface area contributed by atoms with Crippen molar-refractivity contribution >= 4 is 17.5 Å². The van der Waals surface area contributed by atoms with E-state index in [0.29, 0.717) is 11.3 Å². The smallest absolute Gasteiger partial charge is 0.259 e. The number of para-hydroxylation sites is 1. The van der Waals surface area contributed by atoms with Crippen LogP contribution in [0.15, 0.2) is 48.9 Å². The number of carbonyl (C=O) groups is 1. The number of nitrogens with one attached hydrogen (secondary N) is 1. The molecule has 27 heavy (non-hydrogen) atoms. The van der Waals surface area contributed by atoms with Crippen LogP contribution in [-0.2, 0) is 0 Å². The van der Waals surface area contributed by atoms with Gasteiger partial charge >= 0.3 is 0 Å². The number of carbonyl (C=O) groups excluding carboxylic acids is 1. The van der Waals surface area contributed by atoms with E-state index in [2.05, 4.69) is 25.3 Å². The average molecular weight is 362 g/mol. The fourth-order valence-corrected chi connectivity index (χ4v) is 3.30. The Hall–Kier alpha value is -3.22. The van der Waals surface area contributed by atoms with Crippen molar-refractivity contribution in [3.8, 4) is 5.69 Å². The molecule has 0 bridgehead atoms. The highest BCUT2D eigenvalue weighted by Gasteiger charge is 2.17. The maximum atomic E-state index is 12.6. The third-order valence-corrected chi connectivity index (χ3v) is 4.79. The Labute approximate surface area is 158 Å². The van der Waals surface area contributed by atoms with Gasteiger partial charge in [0.1, 0.15) is 0 Å². The highest BCUT2D eigenvalue weighted by Crippen LogP contribution is 2.18. The second-order valence-electron chi connectivity index (χ2n) is 6.66. The summed E-state index contributed by atoms with van der Waals surface area (Å²) in [6.07, 6.45) is 8.51. The minimum Gasteiger partial charge on any atom is -0.341 e. The number of nitrogens with zero attached hydrogens (tertiary/aromatic N) is 5. The van der Waals surface area contributed by atoms with E-state index in [9.17, 15) is 4.79 Å². The molecule has 4 rings (SSSR count). The van der Waals surface area contributed by atoms with E-state index in [1.165, 1.54) is 19.3 Å². The van der Waals surface area contributed by atoms with Crippen LogP contribution in [-0.4, -0.2) is 38.7 Å². The quantitative estimate of drug-likeness (QED) is 0.771. The van der Waals surface area contributed by atoms with Gasteiger partial charge in [-0.25, -0.2) is 14.6 Å². The molecule has 1 aliphatic rings. The molecule has 3 aromatic rings. The lowest BCUT2D eigenvalue weighted by Crippen LogP contribution is -2.30. The van der Waals surface area contributed by atoms with Crippen LogP contribution in [0.2, 0.25) is 0 Å². The van der Waals surface area contributed by atoms with Gasteiger partial charge in [-0.1, -0.05) is 18.2 Å². The zero-order valence-electron chi connectivity index (χ0n) is 15.3. The Morgan fingerprint density at radius 1 is 1.00 bits per heavy atom. The molecule has 1 aliphatic heterocycles. The fraction of sp³-hybridized carbons (Fsp3) is 0.300. The van der Waals surface area contributed by atoms with Crippen molar-refractivity contribution in [2.75, 3.05) is 23.3 Å². The molecular weight excluding hydrogens is 340 g/mol. The van der Waals surface area contributed by atoms with Gasteiger partial charge in [0.05, 0.1) is 41.2 Å². The minimum atomic E-state index is -0.219. The van der Waals surface area contributed by atoms with Crippen LogP contribution in [0.25, 0.3) is 5.69 Å². The summed E-state index contributed by atoms with van der Waals surface area (Å²) in [5, 5.41) is 7.20. The first kappa shape index (κ1) is 17.2. The zero-order valence-corrected chi connectivity index (χ0v) is 15.3. The number of piperidine rings is 1. The Morgan fingerprint density at radius 3 is 2.41 bits per heavy atom. The summed E-state index contributed by atoms with van der Waals surface area (Å²) >= 11 is 0. The second kappa shape index (κ2) is 7.57. The number of amides is 1. The highest BCUT2D eigenvalue weighted by atomic mass is 16.1. The summed E-state index contributed by atoms with van der Waals surface area (Å²) in [5.41, 5.74) is 2.81. The summed E-state index contributed by atoms with van der Waals surface area (Å²) in [6, 6.07) is 9.74. The lowest BCUT2D eigenvalue weighted by atomic mass is 10.1. The van der Waals surface area contributed by atoms with E-state index < -0.39 is 0 Å². The predicted molar refractivity (Wildman–Crippen MR) is 104 cm³/mol. The Balaban J connectivity index is 1.47. The van der Waals surface area contributed by atoms with Gasteiger partial charge in [0, 0.05) is 13.1 Å². The Kier molecular flexibility index (Phi) is 4.82. The molecule has 0 saturated carbocycles. The molecule has 0 radical (unpaired) electrons. The molecule has 2 aromatic heterocycles. The fourth-order valence-electron chi connectivity index (χ4n) is 3.30. The maximum absolute atomic E-state index is 12.6. The van der Waals surface area contributed by atoms with Crippen molar-refractivity contribution in [1.29, 1.82) is 0 Å². The van der Waals surface area contributed by atoms with Gasteiger partial charge < -0.3 is 10.2 Å². The van der Waals surface area contributed by atoms with Crippen LogP contribution in [0.1, 0.15) is 35.3 Å². The first-order valence-corrected chi connectivity index (χ1v) is 9.21. The third kappa shape index (κ3) is 3.67. The first-order chi connectivity index (χ1) is 13.2. The van der Waals surface area contributed by atoms with Gasteiger partial charge in [-0.2, -0.15) is 5.10 Å². The molecule has 0 atom stereocenters. The lowest BCUT2D eigenvalue weighted by molar-refractivity contribution is 0.102. The molecule has 0 aliphatic carbocycles. The van der Waals surface area contributed by atoms with E-state index in [-0.39, 0.29) is 5.91 Å². The molecule has 0 spiro atoms.